The van der Waals surface area contributed by atoms with E-state index in [9.17, 15) is 9.59 Å². The van der Waals surface area contributed by atoms with Gasteiger partial charge < -0.3 is 4.90 Å². The third-order valence-corrected chi connectivity index (χ3v) is 3.80. The van der Waals surface area contributed by atoms with E-state index in [1.54, 1.807) is 16.2 Å². The Kier molecular flexibility index (Phi) is 2.71. The second kappa shape index (κ2) is 3.90. The van der Waals surface area contributed by atoms with Gasteiger partial charge >= 0.3 is 6.03 Å². The SMILES string of the molecule is Cc1cc(C(C)N2CC(=O)NC2=O)c(C)s1. The molecule has 0 saturated carbocycles. The van der Waals surface area contributed by atoms with Gasteiger partial charge in [0, 0.05) is 9.75 Å². The van der Waals surface area contributed by atoms with Crippen molar-refractivity contribution in [2.24, 2.45) is 0 Å². The van der Waals surface area contributed by atoms with E-state index < -0.39 is 0 Å². The van der Waals surface area contributed by atoms with Crippen molar-refractivity contribution >= 4 is 23.3 Å². The molecule has 0 radical (unpaired) electrons. The van der Waals surface area contributed by atoms with Gasteiger partial charge in [0.15, 0.2) is 0 Å². The number of imide groups is 1. The molecule has 3 amide bonds. The number of nitrogens with one attached hydrogen (secondary N) is 1. The third-order valence-electron chi connectivity index (χ3n) is 2.82. The van der Waals surface area contributed by atoms with Crippen LogP contribution in [0.4, 0.5) is 4.79 Å². The zero-order valence-electron chi connectivity index (χ0n) is 9.53. The van der Waals surface area contributed by atoms with Crippen LogP contribution in [-0.2, 0) is 4.79 Å². The van der Waals surface area contributed by atoms with Crippen molar-refractivity contribution in [3.8, 4) is 0 Å². The zero-order chi connectivity index (χ0) is 11.9. The molecular weight excluding hydrogens is 224 g/mol. The molecule has 2 rings (SSSR count). The summed E-state index contributed by atoms with van der Waals surface area (Å²) < 4.78 is 0. The van der Waals surface area contributed by atoms with Gasteiger partial charge in [0.1, 0.15) is 6.54 Å². The molecule has 0 spiro atoms. The number of hydrogen-bond acceptors (Lipinski definition) is 3. The molecule has 1 N–H and O–H groups in total. The average Bonchev–Trinajstić information content (AvgIpc) is 2.68. The van der Waals surface area contributed by atoms with E-state index in [4.69, 9.17) is 0 Å². The first kappa shape index (κ1) is 11.1. The minimum absolute atomic E-state index is 0.0450. The van der Waals surface area contributed by atoms with Crippen molar-refractivity contribution in [2.45, 2.75) is 26.8 Å². The summed E-state index contributed by atoms with van der Waals surface area (Å²) in [5.41, 5.74) is 1.13. The van der Waals surface area contributed by atoms with Crippen molar-refractivity contribution in [1.29, 1.82) is 0 Å². The molecule has 1 atom stereocenters. The molecular formula is C11H14N2O2S. The van der Waals surface area contributed by atoms with Crippen LogP contribution in [0.15, 0.2) is 6.07 Å². The van der Waals surface area contributed by atoms with Crippen molar-refractivity contribution in [3.63, 3.8) is 0 Å². The second-order valence-electron chi connectivity index (χ2n) is 4.03. The van der Waals surface area contributed by atoms with Crippen LogP contribution in [0.5, 0.6) is 0 Å². The Bertz CT molecular complexity index is 453. The van der Waals surface area contributed by atoms with Crippen LogP contribution in [-0.4, -0.2) is 23.4 Å². The first-order valence-corrected chi connectivity index (χ1v) is 5.98. The maximum absolute atomic E-state index is 11.5. The summed E-state index contributed by atoms with van der Waals surface area (Å²) in [6.07, 6.45) is 0. The Labute approximate surface area is 98.3 Å². The molecule has 5 heteroatoms. The van der Waals surface area contributed by atoms with Gasteiger partial charge in [-0.25, -0.2) is 4.79 Å². The predicted octanol–water partition coefficient (Wildman–Crippen LogP) is 1.98. The number of urea groups is 1. The molecule has 1 fully saturated rings. The first-order chi connectivity index (χ1) is 7.49. The van der Waals surface area contributed by atoms with Gasteiger partial charge in [-0.15, -0.1) is 11.3 Å². The minimum Gasteiger partial charge on any atom is -0.308 e. The van der Waals surface area contributed by atoms with E-state index in [-0.39, 0.29) is 24.5 Å². The van der Waals surface area contributed by atoms with Crippen molar-refractivity contribution in [2.75, 3.05) is 6.54 Å². The zero-order valence-corrected chi connectivity index (χ0v) is 10.4. The largest absolute Gasteiger partial charge is 0.325 e. The normalized spacial score (nSPS) is 17.8. The molecule has 1 unspecified atom stereocenters. The van der Waals surface area contributed by atoms with Gasteiger partial charge in [0.05, 0.1) is 6.04 Å². The molecule has 1 aromatic rings. The molecule has 86 valence electrons. The first-order valence-electron chi connectivity index (χ1n) is 5.16. The van der Waals surface area contributed by atoms with E-state index in [1.807, 2.05) is 20.8 Å². The maximum atomic E-state index is 11.5. The second-order valence-corrected chi connectivity index (χ2v) is 5.49. The number of rotatable bonds is 2. The smallest absolute Gasteiger partial charge is 0.308 e. The monoisotopic (exact) mass is 238 g/mol. The highest BCUT2D eigenvalue weighted by Crippen LogP contribution is 2.30. The van der Waals surface area contributed by atoms with Gasteiger partial charge in [0.2, 0.25) is 5.91 Å². The van der Waals surface area contributed by atoms with E-state index in [0.29, 0.717) is 0 Å². The van der Waals surface area contributed by atoms with E-state index >= 15 is 0 Å². The van der Waals surface area contributed by atoms with Crippen LogP contribution < -0.4 is 5.32 Å². The Morgan fingerprint density at radius 2 is 2.12 bits per heavy atom. The van der Waals surface area contributed by atoms with E-state index in [2.05, 4.69) is 11.4 Å². The van der Waals surface area contributed by atoms with Gasteiger partial charge in [-0.05, 0) is 32.4 Å². The quantitative estimate of drug-likeness (QED) is 0.801. The van der Waals surface area contributed by atoms with Gasteiger partial charge in [-0.1, -0.05) is 0 Å². The van der Waals surface area contributed by atoms with Crippen LogP contribution in [0.3, 0.4) is 0 Å². The molecule has 1 aliphatic rings. The summed E-state index contributed by atoms with van der Waals surface area (Å²) in [7, 11) is 0. The standard InChI is InChI=1S/C11H14N2O2S/c1-6-4-9(8(3)16-6)7(2)13-5-10(14)12-11(13)15/h4,7H,5H2,1-3H3,(H,12,14,15). The number of amides is 3. The number of thiophene rings is 1. The Morgan fingerprint density at radius 1 is 1.44 bits per heavy atom. The molecule has 2 heterocycles. The van der Waals surface area contributed by atoms with Crippen LogP contribution in [0, 0.1) is 13.8 Å². The van der Waals surface area contributed by atoms with Crippen molar-refractivity contribution < 1.29 is 9.59 Å². The summed E-state index contributed by atoms with van der Waals surface area (Å²) in [6, 6.07) is 1.75. The fourth-order valence-electron chi connectivity index (χ4n) is 2.00. The lowest BCUT2D eigenvalue weighted by Crippen LogP contribution is -2.30. The highest BCUT2D eigenvalue weighted by Gasteiger charge is 2.32. The summed E-state index contributed by atoms with van der Waals surface area (Å²) in [5, 5.41) is 2.30. The highest BCUT2D eigenvalue weighted by atomic mass is 32.1. The lowest BCUT2D eigenvalue weighted by atomic mass is 10.1. The van der Waals surface area contributed by atoms with Gasteiger partial charge in [-0.3, -0.25) is 10.1 Å². The predicted molar refractivity (Wildman–Crippen MR) is 62.5 cm³/mol. The van der Waals surface area contributed by atoms with E-state index in [1.165, 1.54) is 9.75 Å². The van der Waals surface area contributed by atoms with Crippen molar-refractivity contribution in [1.82, 2.24) is 10.2 Å². The molecule has 0 aliphatic carbocycles. The number of carbonyl (C=O) groups excluding carboxylic acids is 2. The fourth-order valence-corrected chi connectivity index (χ4v) is 3.02. The average molecular weight is 238 g/mol. The molecule has 1 aromatic heterocycles. The maximum Gasteiger partial charge on any atom is 0.325 e. The topological polar surface area (TPSA) is 49.4 Å². The molecule has 0 aromatic carbocycles. The molecule has 4 nitrogen and oxygen atoms in total. The van der Waals surface area contributed by atoms with Crippen LogP contribution in [0.1, 0.15) is 28.3 Å². The molecule has 1 aliphatic heterocycles. The Morgan fingerprint density at radius 3 is 2.56 bits per heavy atom. The number of aryl methyl sites for hydroxylation is 2. The summed E-state index contributed by atoms with van der Waals surface area (Å²) in [6.45, 7) is 6.20. The summed E-state index contributed by atoms with van der Waals surface area (Å²) >= 11 is 1.72. The molecule has 0 bridgehead atoms. The summed E-state index contributed by atoms with van der Waals surface area (Å²) in [4.78, 5) is 26.6. The molecule has 16 heavy (non-hydrogen) atoms. The van der Waals surface area contributed by atoms with Crippen LogP contribution >= 0.6 is 11.3 Å². The number of hydrogen-bond donors (Lipinski definition) is 1. The fraction of sp³-hybridized carbons (Fsp3) is 0.455. The lowest BCUT2D eigenvalue weighted by Gasteiger charge is -2.22. The molecule has 1 saturated heterocycles. The Hall–Kier alpha value is -1.36. The van der Waals surface area contributed by atoms with E-state index in [0.717, 1.165) is 5.56 Å². The minimum atomic E-state index is -0.291. The number of carbonyl (C=O) groups is 2. The summed E-state index contributed by atoms with van der Waals surface area (Å²) in [5.74, 6) is -0.221. The van der Waals surface area contributed by atoms with Crippen LogP contribution in [0.25, 0.3) is 0 Å². The third kappa shape index (κ3) is 1.82. The van der Waals surface area contributed by atoms with Gasteiger partial charge in [-0.2, -0.15) is 0 Å². The lowest BCUT2D eigenvalue weighted by molar-refractivity contribution is -0.118. The number of nitrogens with zero attached hydrogens (tertiary/aromatic N) is 1. The van der Waals surface area contributed by atoms with Crippen molar-refractivity contribution in [3.05, 3.63) is 21.4 Å². The van der Waals surface area contributed by atoms with Gasteiger partial charge in [0.25, 0.3) is 0 Å². The highest BCUT2D eigenvalue weighted by molar-refractivity contribution is 7.12. The Balaban J connectivity index is 2.25. The van der Waals surface area contributed by atoms with Crippen LogP contribution in [0.2, 0.25) is 0 Å².